The Morgan fingerprint density at radius 1 is 1.31 bits per heavy atom. The van der Waals surface area contributed by atoms with Gasteiger partial charge in [-0.05, 0) is 54.4 Å². The fourth-order valence-electron chi connectivity index (χ4n) is 3.48. The molecule has 26 heavy (non-hydrogen) atoms. The van der Waals surface area contributed by atoms with E-state index in [0.29, 0.717) is 16.5 Å². The zero-order valence-corrected chi connectivity index (χ0v) is 16.0. The summed E-state index contributed by atoms with van der Waals surface area (Å²) in [6, 6.07) is 5.46. The summed E-state index contributed by atoms with van der Waals surface area (Å²) >= 11 is 1.41. The molecule has 1 aromatic heterocycles. The summed E-state index contributed by atoms with van der Waals surface area (Å²) in [6.45, 7) is 6.66. The molecule has 6 heteroatoms. The fraction of sp³-hybridized carbons (Fsp3) is 0.400. The van der Waals surface area contributed by atoms with Gasteiger partial charge in [-0.3, -0.25) is 9.59 Å². The van der Waals surface area contributed by atoms with Gasteiger partial charge >= 0.3 is 0 Å². The van der Waals surface area contributed by atoms with Crippen molar-refractivity contribution in [3.63, 3.8) is 0 Å². The standard InChI is InChI=1S/C20H23FN2O2S/c1-20(2,3)12-7-8-14-15(10-12)26-19(16(14)17(22)24)23-18(25)11-5-4-6-13(21)9-11/h4-6,9,12H,7-8,10H2,1-3H3,(H2,22,24)(H,23,25)/t12-/m0/s1. The lowest BCUT2D eigenvalue weighted by Crippen LogP contribution is -2.27. The van der Waals surface area contributed by atoms with Crippen LogP contribution in [-0.2, 0) is 12.8 Å². The third-order valence-electron chi connectivity index (χ3n) is 5.05. The number of hydrogen-bond donors (Lipinski definition) is 2. The van der Waals surface area contributed by atoms with Gasteiger partial charge in [0.25, 0.3) is 11.8 Å². The third kappa shape index (κ3) is 3.65. The molecule has 0 bridgehead atoms. The quantitative estimate of drug-likeness (QED) is 0.836. The van der Waals surface area contributed by atoms with E-state index in [1.54, 1.807) is 0 Å². The summed E-state index contributed by atoms with van der Waals surface area (Å²) in [7, 11) is 0. The van der Waals surface area contributed by atoms with Crippen LogP contribution in [0.25, 0.3) is 0 Å². The molecule has 0 saturated carbocycles. The van der Waals surface area contributed by atoms with Crippen molar-refractivity contribution >= 4 is 28.2 Å². The van der Waals surface area contributed by atoms with Gasteiger partial charge in [-0.25, -0.2) is 4.39 Å². The topological polar surface area (TPSA) is 72.2 Å². The van der Waals surface area contributed by atoms with Gasteiger partial charge in [0.1, 0.15) is 10.8 Å². The Labute approximate surface area is 156 Å². The first-order chi connectivity index (χ1) is 12.2. The highest BCUT2D eigenvalue weighted by Crippen LogP contribution is 2.44. The van der Waals surface area contributed by atoms with Crippen molar-refractivity contribution in [1.29, 1.82) is 0 Å². The number of carbonyl (C=O) groups is 2. The van der Waals surface area contributed by atoms with Gasteiger partial charge in [0.15, 0.2) is 0 Å². The van der Waals surface area contributed by atoms with Crippen molar-refractivity contribution in [3.05, 3.63) is 51.7 Å². The predicted octanol–water partition coefficient (Wildman–Crippen LogP) is 4.39. The molecule has 0 fully saturated rings. The molecule has 1 aromatic carbocycles. The van der Waals surface area contributed by atoms with Crippen molar-refractivity contribution < 1.29 is 14.0 Å². The Balaban J connectivity index is 1.92. The molecule has 138 valence electrons. The lowest BCUT2D eigenvalue weighted by molar-refractivity contribution is 0.1000. The molecule has 1 aliphatic carbocycles. The number of nitrogens with two attached hydrogens (primary N) is 1. The maximum absolute atomic E-state index is 13.4. The van der Waals surface area contributed by atoms with Gasteiger partial charge in [0.2, 0.25) is 0 Å². The van der Waals surface area contributed by atoms with E-state index in [9.17, 15) is 14.0 Å². The van der Waals surface area contributed by atoms with Crippen molar-refractivity contribution in [2.24, 2.45) is 17.1 Å². The Bertz CT molecular complexity index is 867. The van der Waals surface area contributed by atoms with Gasteiger partial charge in [-0.15, -0.1) is 11.3 Å². The van der Waals surface area contributed by atoms with Crippen LogP contribution < -0.4 is 11.1 Å². The highest BCUT2D eigenvalue weighted by molar-refractivity contribution is 7.17. The van der Waals surface area contributed by atoms with Crippen LogP contribution in [0, 0.1) is 17.2 Å². The normalized spacial score (nSPS) is 16.8. The van der Waals surface area contributed by atoms with Crippen molar-refractivity contribution in [2.75, 3.05) is 5.32 Å². The maximum Gasteiger partial charge on any atom is 0.256 e. The third-order valence-corrected chi connectivity index (χ3v) is 6.22. The average Bonchev–Trinajstić information content (AvgIpc) is 2.91. The maximum atomic E-state index is 13.4. The van der Waals surface area contributed by atoms with Crippen LogP contribution in [0.3, 0.4) is 0 Å². The number of benzene rings is 1. The highest BCUT2D eigenvalue weighted by Gasteiger charge is 2.33. The first-order valence-corrected chi connectivity index (χ1v) is 9.49. The molecule has 2 aromatic rings. The van der Waals surface area contributed by atoms with E-state index in [-0.39, 0.29) is 11.0 Å². The van der Waals surface area contributed by atoms with Crippen LogP contribution in [0.4, 0.5) is 9.39 Å². The first-order valence-electron chi connectivity index (χ1n) is 8.68. The Hall–Kier alpha value is -2.21. The number of thiophene rings is 1. The number of halogens is 1. The second-order valence-corrected chi connectivity index (χ2v) is 8.95. The summed E-state index contributed by atoms with van der Waals surface area (Å²) in [5, 5.41) is 3.22. The summed E-state index contributed by atoms with van der Waals surface area (Å²) in [5.41, 5.74) is 7.35. The minimum atomic E-state index is -0.536. The molecule has 0 spiro atoms. The van der Waals surface area contributed by atoms with Gasteiger partial charge in [-0.2, -0.15) is 0 Å². The van der Waals surface area contributed by atoms with E-state index >= 15 is 0 Å². The fourth-order valence-corrected chi connectivity index (χ4v) is 4.81. The van der Waals surface area contributed by atoms with E-state index in [4.69, 9.17) is 5.73 Å². The van der Waals surface area contributed by atoms with Crippen LogP contribution in [0.1, 0.15) is 58.3 Å². The van der Waals surface area contributed by atoms with Crippen LogP contribution in [0.15, 0.2) is 24.3 Å². The van der Waals surface area contributed by atoms with Crippen molar-refractivity contribution in [2.45, 2.75) is 40.0 Å². The Morgan fingerprint density at radius 3 is 2.65 bits per heavy atom. The van der Waals surface area contributed by atoms with E-state index in [2.05, 4.69) is 26.1 Å². The van der Waals surface area contributed by atoms with Gasteiger partial charge in [0.05, 0.1) is 5.56 Å². The molecule has 0 radical (unpaired) electrons. The van der Waals surface area contributed by atoms with E-state index < -0.39 is 17.6 Å². The average molecular weight is 374 g/mol. The zero-order valence-electron chi connectivity index (χ0n) is 15.2. The molecule has 3 rings (SSSR count). The number of hydrogen-bond acceptors (Lipinski definition) is 3. The van der Waals surface area contributed by atoms with Crippen LogP contribution >= 0.6 is 11.3 Å². The Kier molecular flexibility index (Phi) is 4.88. The van der Waals surface area contributed by atoms with Gasteiger partial charge in [0, 0.05) is 10.4 Å². The SMILES string of the molecule is CC(C)(C)[C@H]1CCc2c(sc(NC(=O)c3cccc(F)c3)c2C(N)=O)C1. The summed E-state index contributed by atoms with van der Waals surface area (Å²) < 4.78 is 13.4. The minimum Gasteiger partial charge on any atom is -0.365 e. The second-order valence-electron chi connectivity index (χ2n) is 7.84. The van der Waals surface area contributed by atoms with Gasteiger partial charge in [-0.1, -0.05) is 26.8 Å². The zero-order chi connectivity index (χ0) is 19.1. The number of rotatable bonds is 3. The molecule has 1 heterocycles. The lowest BCUT2D eigenvalue weighted by Gasteiger charge is -2.33. The second kappa shape index (κ2) is 6.83. The molecule has 1 aliphatic rings. The number of carbonyl (C=O) groups excluding carboxylic acids is 2. The molecular weight excluding hydrogens is 351 g/mol. The molecule has 0 aliphatic heterocycles. The van der Waals surface area contributed by atoms with Crippen LogP contribution in [0.2, 0.25) is 0 Å². The summed E-state index contributed by atoms with van der Waals surface area (Å²) in [4.78, 5) is 25.6. The van der Waals surface area contributed by atoms with Crippen LogP contribution in [-0.4, -0.2) is 11.8 Å². The van der Waals surface area contributed by atoms with Gasteiger partial charge < -0.3 is 11.1 Å². The molecule has 0 unspecified atom stereocenters. The number of fused-ring (bicyclic) bond motifs is 1. The molecular formula is C20H23FN2O2S. The lowest BCUT2D eigenvalue weighted by atomic mass is 9.72. The van der Waals surface area contributed by atoms with Crippen molar-refractivity contribution in [3.8, 4) is 0 Å². The van der Waals surface area contributed by atoms with E-state index in [0.717, 1.165) is 29.7 Å². The largest absolute Gasteiger partial charge is 0.365 e. The minimum absolute atomic E-state index is 0.180. The monoisotopic (exact) mass is 374 g/mol. The predicted molar refractivity (Wildman–Crippen MR) is 102 cm³/mol. The first kappa shape index (κ1) is 18.6. The smallest absolute Gasteiger partial charge is 0.256 e. The van der Waals surface area contributed by atoms with E-state index in [1.165, 1.54) is 35.6 Å². The molecule has 4 nitrogen and oxygen atoms in total. The number of anilines is 1. The van der Waals surface area contributed by atoms with Crippen LogP contribution in [0.5, 0.6) is 0 Å². The Morgan fingerprint density at radius 2 is 2.04 bits per heavy atom. The number of amides is 2. The van der Waals surface area contributed by atoms with E-state index in [1.807, 2.05) is 0 Å². The van der Waals surface area contributed by atoms with Crippen molar-refractivity contribution in [1.82, 2.24) is 0 Å². The summed E-state index contributed by atoms with van der Waals surface area (Å²) in [6.07, 6.45) is 2.65. The summed E-state index contributed by atoms with van der Waals surface area (Å²) in [5.74, 6) is -0.948. The molecule has 2 amide bonds. The molecule has 1 atom stereocenters. The molecule has 0 saturated heterocycles. The molecule has 3 N–H and O–H groups in total. The number of nitrogens with one attached hydrogen (secondary N) is 1. The highest BCUT2D eigenvalue weighted by atomic mass is 32.1. The number of primary amides is 1.